The van der Waals surface area contributed by atoms with Crippen LogP contribution in [-0.2, 0) is 5.72 Å². The number of hydrogen-bond acceptors (Lipinski definition) is 5. The predicted molar refractivity (Wildman–Crippen MR) is 115 cm³/mol. The Bertz CT molecular complexity index is 1130. The van der Waals surface area contributed by atoms with Gasteiger partial charge in [0.25, 0.3) is 0 Å². The zero-order chi connectivity index (χ0) is 20.3. The van der Waals surface area contributed by atoms with Crippen molar-refractivity contribution in [2.75, 3.05) is 0 Å². The first kappa shape index (κ1) is 18.9. The van der Waals surface area contributed by atoms with Crippen LogP contribution in [0, 0.1) is 13.8 Å². The van der Waals surface area contributed by atoms with Crippen LogP contribution >= 0.6 is 0 Å². The normalized spacial score (nSPS) is 18.4. The van der Waals surface area contributed by atoms with E-state index in [1.54, 1.807) is 0 Å². The van der Waals surface area contributed by atoms with Crippen LogP contribution in [0.2, 0.25) is 0 Å². The molecule has 0 aliphatic heterocycles. The van der Waals surface area contributed by atoms with Crippen molar-refractivity contribution in [3.8, 4) is 0 Å². The molecule has 0 radical (unpaired) electrons. The Hall–Kier alpha value is -3.44. The average molecular weight is 382 g/mol. The summed E-state index contributed by atoms with van der Waals surface area (Å²) in [5.74, 6) is 0. The molecular formula is C24H22N4O. The van der Waals surface area contributed by atoms with Crippen molar-refractivity contribution in [1.82, 2.24) is 0 Å². The van der Waals surface area contributed by atoms with E-state index in [1.807, 2.05) is 92.7 Å². The largest absolute Gasteiger partial charge is 0.364 e. The van der Waals surface area contributed by atoms with Crippen LogP contribution in [0.25, 0.3) is 6.08 Å². The van der Waals surface area contributed by atoms with E-state index >= 15 is 0 Å². The zero-order valence-electron chi connectivity index (χ0n) is 16.4. The van der Waals surface area contributed by atoms with Gasteiger partial charge in [-0.05, 0) is 60.9 Å². The number of rotatable bonds is 4. The third-order valence-corrected chi connectivity index (χ3v) is 4.88. The molecule has 1 aliphatic carbocycles. The van der Waals surface area contributed by atoms with E-state index in [0.29, 0.717) is 12.1 Å². The van der Waals surface area contributed by atoms with E-state index in [-0.39, 0.29) is 0 Å². The maximum absolute atomic E-state index is 11.0. The van der Waals surface area contributed by atoms with Crippen molar-refractivity contribution in [2.24, 2.45) is 20.5 Å². The van der Waals surface area contributed by atoms with Crippen LogP contribution in [0.1, 0.15) is 28.7 Å². The molecule has 144 valence electrons. The lowest BCUT2D eigenvalue weighted by Gasteiger charge is -2.26. The van der Waals surface area contributed by atoms with Gasteiger partial charge in [0, 0.05) is 12.0 Å². The Labute approximate surface area is 170 Å². The first-order valence-electron chi connectivity index (χ1n) is 9.54. The maximum Gasteiger partial charge on any atom is 0.206 e. The molecule has 1 atom stereocenters. The van der Waals surface area contributed by atoms with E-state index in [4.69, 9.17) is 0 Å². The molecule has 0 amide bonds. The second-order valence-corrected chi connectivity index (χ2v) is 7.22. The van der Waals surface area contributed by atoms with Gasteiger partial charge < -0.3 is 5.11 Å². The van der Waals surface area contributed by atoms with Gasteiger partial charge in [-0.1, -0.05) is 48.6 Å². The number of fused-ring (bicyclic) bond motifs is 1. The molecule has 0 fully saturated rings. The highest BCUT2D eigenvalue weighted by atomic mass is 16.3. The van der Waals surface area contributed by atoms with Gasteiger partial charge in [0.1, 0.15) is 0 Å². The molecule has 0 heterocycles. The molecule has 5 heteroatoms. The fourth-order valence-corrected chi connectivity index (χ4v) is 3.32. The predicted octanol–water partition coefficient (Wildman–Crippen LogP) is 7.06. The smallest absolute Gasteiger partial charge is 0.206 e. The fraction of sp³-hybridized carbons (Fsp3) is 0.167. The lowest BCUT2D eigenvalue weighted by Crippen LogP contribution is -2.24. The van der Waals surface area contributed by atoms with Crippen molar-refractivity contribution in [3.63, 3.8) is 0 Å². The van der Waals surface area contributed by atoms with E-state index in [1.165, 1.54) is 0 Å². The minimum atomic E-state index is -1.34. The Morgan fingerprint density at radius 3 is 2.48 bits per heavy atom. The number of aliphatic hydroxyl groups is 1. The van der Waals surface area contributed by atoms with Gasteiger partial charge in [-0.3, -0.25) is 0 Å². The molecule has 1 unspecified atom stereocenters. The van der Waals surface area contributed by atoms with Gasteiger partial charge in [0.05, 0.1) is 17.1 Å². The van der Waals surface area contributed by atoms with E-state index in [0.717, 1.165) is 33.6 Å². The highest BCUT2D eigenvalue weighted by Crippen LogP contribution is 2.36. The summed E-state index contributed by atoms with van der Waals surface area (Å²) >= 11 is 0. The Balaban J connectivity index is 1.55. The Kier molecular flexibility index (Phi) is 5.14. The number of benzene rings is 3. The van der Waals surface area contributed by atoms with Gasteiger partial charge in [-0.2, -0.15) is 15.3 Å². The van der Waals surface area contributed by atoms with Crippen molar-refractivity contribution >= 4 is 23.1 Å². The first-order chi connectivity index (χ1) is 14.0. The topological polar surface area (TPSA) is 69.7 Å². The molecule has 3 aromatic carbocycles. The summed E-state index contributed by atoms with van der Waals surface area (Å²) < 4.78 is 0. The molecule has 0 aromatic heterocycles. The molecule has 0 spiro atoms. The molecule has 5 nitrogen and oxygen atoms in total. The van der Waals surface area contributed by atoms with Crippen LogP contribution in [0.5, 0.6) is 0 Å². The summed E-state index contributed by atoms with van der Waals surface area (Å²) in [7, 11) is 0. The van der Waals surface area contributed by atoms with Gasteiger partial charge in [-0.25, -0.2) is 0 Å². The maximum atomic E-state index is 11.0. The molecule has 1 N–H and O–H groups in total. The lowest BCUT2D eigenvalue weighted by atomic mass is 9.90. The number of aryl methyl sites for hydroxylation is 2. The quantitative estimate of drug-likeness (QED) is 0.482. The SMILES string of the molecule is Cc1cccc(N=Nc2ccc(N=NC3(O)CC=Cc4ccccc43)cc2C)c1. The summed E-state index contributed by atoms with van der Waals surface area (Å²) in [5.41, 5.74) is 4.73. The summed E-state index contributed by atoms with van der Waals surface area (Å²) in [4.78, 5) is 0. The molecule has 3 aromatic rings. The highest BCUT2D eigenvalue weighted by Gasteiger charge is 2.32. The van der Waals surface area contributed by atoms with E-state index < -0.39 is 5.72 Å². The first-order valence-corrected chi connectivity index (χ1v) is 9.54. The molecule has 0 bridgehead atoms. The summed E-state index contributed by atoms with van der Waals surface area (Å²) in [5, 5.41) is 28.2. The van der Waals surface area contributed by atoms with Crippen molar-refractivity contribution < 1.29 is 5.11 Å². The summed E-state index contributed by atoms with van der Waals surface area (Å²) in [6.45, 7) is 3.98. The highest BCUT2D eigenvalue weighted by molar-refractivity contribution is 5.58. The minimum absolute atomic E-state index is 0.398. The standard InChI is InChI=1S/C24H22N4O/c1-17-7-5-10-20(15-17)25-27-23-13-12-21(16-18(23)2)26-28-24(29)14-6-9-19-8-3-4-11-22(19)24/h3-13,15-16,29H,14H2,1-2H3. The van der Waals surface area contributed by atoms with Crippen LogP contribution in [0.3, 0.4) is 0 Å². The summed E-state index contributed by atoms with van der Waals surface area (Å²) in [6, 6.07) is 21.2. The van der Waals surface area contributed by atoms with Gasteiger partial charge in [-0.15, -0.1) is 5.11 Å². The van der Waals surface area contributed by atoms with Gasteiger partial charge in [0.15, 0.2) is 0 Å². The molecule has 4 rings (SSSR count). The summed E-state index contributed by atoms with van der Waals surface area (Å²) in [6.07, 6.45) is 4.31. The average Bonchev–Trinajstić information content (AvgIpc) is 2.72. The Morgan fingerprint density at radius 1 is 0.828 bits per heavy atom. The number of azo groups is 2. The van der Waals surface area contributed by atoms with Gasteiger partial charge in [0.2, 0.25) is 5.72 Å². The number of nitrogens with zero attached hydrogens (tertiary/aromatic N) is 4. The molecular weight excluding hydrogens is 360 g/mol. The van der Waals surface area contributed by atoms with Crippen molar-refractivity contribution in [1.29, 1.82) is 0 Å². The Morgan fingerprint density at radius 2 is 1.66 bits per heavy atom. The second kappa shape index (κ2) is 7.89. The van der Waals surface area contributed by atoms with Crippen LogP contribution < -0.4 is 0 Å². The van der Waals surface area contributed by atoms with Crippen molar-refractivity contribution in [3.05, 3.63) is 95.1 Å². The van der Waals surface area contributed by atoms with E-state index in [2.05, 4.69) is 20.5 Å². The monoisotopic (exact) mass is 382 g/mol. The van der Waals surface area contributed by atoms with Crippen LogP contribution in [0.15, 0.2) is 93.3 Å². The van der Waals surface area contributed by atoms with Crippen LogP contribution in [-0.4, -0.2) is 5.11 Å². The third kappa shape index (κ3) is 4.20. The minimum Gasteiger partial charge on any atom is -0.364 e. The van der Waals surface area contributed by atoms with Crippen LogP contribution in [0.4, 0.5) is 17.1 Å². The molecule has 0 saturated carbocycles. The fourth-order valence-electron chi connectivity index (χ4n) is 3.32. The number of hydrogen-bond donors (Lipinski definition) is 1. The second-order valence-electron chi connectivity index (χ2n) is 7.22. The molecule has 29 heavy (non-hydrogen) atoms. The van der Waals surface area contributed by atoms with Crippen molar-refractivity contribution in [2.45, 2.75) is 26.0 Å². The third-order valence-electron chi connectivity index (χ3n) is 4.88. The van der Waals surface area contributed by atoms with E-state index in [9.17, 15) is 5.11 Å². The lowest BCUT2D eigenvalue weighted by molar-refractivity contribution is 0.0408. The van der Waals surface area contributed by atoms with Gasteiger partial charge >= 0.3 is 0 Å². The zero-order valence-corrected chi connectivity index (χ0v) is 16.4. The molecule has 0 saturated heterocycles. The molecule has 1 aliphatic rings.